The number of carbonyl (C=O) groups excluding carboxylic acids is 2. The molecule has 1 N–H and O–H groups in total. The number of Topliss-reactive ketones (excluding diaryl/α,β-unsaturated/α-hetero) is 1. The molecule has 4 aromatic carbocycles. The number of thiazole rings is 1. The summed E-state index contributed by atoms with van der Waals surface area (Å²) in [7, 11) is 0. The van der Waals surface area contributed by atoms with Crippen LogP contribution < -0.4 is 5.32 Å². The van der Waals surface area contributed by atoms with Crippen molar-refractivity contribution in [1.29, 1.82) is 0 Å². The van der Waals surface area contributed by atoms with Crippen LogP contribution >= 0.6 is 11.3 Å². The standard InChI is InChI=1S/C31H23FN2O2S/c32-26-17-15-23(16-18-26)27(35)19-20-28(36)33-31-34-29(24-9-5-2-6-10-24)30(37-31)25-13-11-22(12-14-25)21-7-3-1-4-8-21/h1-18H,19-20H2,(H,33,34,36). The lowest BCUT2D eigenvalue weighted by molar-refractivity contribution is -0.116. The molecule has 1 amide bonds. The number of anilines is 1. The number of hydrogen-bond acceptors (Lipinski definition) is 4. The highest BCUT2D eigenvalue weighted by Crippen LogP contribution is 2.39. The normalized spacial score (nSPS) is 10.7. The number of ketones is 1. The van der Waals surface area contributed by atoms with Gasteiger partial charge in [-0.15, -0.1) is 0 Å². The molecule has 1 heterocycles. The van der Waals surface area contributed by atoms with E-state index in [0.717, 1.165) is 32.8 Å². The molecule has 0 unspecified atom stereocenters. The summed E-state index contributed by atoms with van der Waals surface area (Å²) in [5, 5.41) is 3.32. The van der Waals surface area contributed by atoms with Crippen LogP contribution in [0.5, 0.6) is 0 Å². The van der Waals surface area contributed by atoms with Gasteiger partial charge in [0.15, 0.2) is 10.9 Å². The minimum absolute atomic E-state index is 0.0115. The number of hydrogen-bond donors (Lipinski definition) is 1. The second-order valence-electron chi connectivity index (χ2n) is 8.48. The summed E-state index contributed by atoms with van der Waals surface area (Å²) in [6, 6.07) is 33.6. The summed E-state index contributed by atoms with van der Waals surface area (Å²) >= 11 is 1.40. The highest BCUT2D eigenvalue weighted by molar-refractivity contribution is 7.19. The van der Waals surface area contributed by atoms with Crippen LogP contribution in [0.1, 0.15) is 23.2 Å². The van der Waals surface area contributed by atoms with Gasteiger partial charge in [-0.05, 0) is 41.0 Å². The fraction of sp³-hybridized carbons (Fsp3) is 0.0645. The average molecular weight is 507 g/mol. The van der Waals surface area contributed by atoms with E-state index >= 15 is 0 Å². The quantitative estimate of drug-likeness (QED) is 0.218. The zero-order valence-corrected chi connectivity index (χ0v) is 20.7. The number of halogens is 1. The van der Waals surface area contributed by atoms with Crippen molar-refractivity contribution in [3.05, 3.63) is 121 Å². The molecule has 0 spiro atoms. The predicted molar refractivity (Wildman–Crippen MR) is 147 cm³/mol. The summed E-state index contributed by atoms with van der Waals surface area (Å²) in [5.74, 6) is -0.911. The van der Waals surface area contributed by atoms with Gasteiger partial charge in [0.1, 0.15) is 5.82 Å². The number of nitrogens with one attached hydrogen (secondary N) is 1. The van der Waals surface area contributed by atoms with E-state index in [0.29, 0.717) is 10.7 Å². The van der Waals surface area contributed by atoms with Crippen molar-refractivity contribution < 1.29 is 14.0 Å². The van der Waals surface area contributed by atoms with Crippen molar-refractivity contribution in [2.75, 3.05) is 5.32 Å². The molecule has 37 heavy (non-hydrogen) atoms. The maximum Gasteiger partial charge on any atom is 0.226 e. The highest BCUT2D eigenvalue weighted by atomic mass is 32.1. The Morgan fingerprint density at radius 1 is 0.676 bits per heavy atom. The average Bonchev–Trinajstić information content (AvgIpc) is 3.37. The van der Waals surface area contributed by atoms with E-state index in [2.05, 4.69) is 41.7 Å². The molecular weight excluding hydrogens is 483 g/mol. The molecule has 0 atom stereocenters. The molecule has 1 aromatic heterocycles. The first kappa shape index (κ1) is 24.3. The van der Waals surface area contributed by atoms with Crippen molar-refractivity contribution in [2.24, 2.45) is 0 Å². The Labute approximate surface area is 218 Å². The molecule has 182 valence electrons. The van der Waals surface area contributed by atoms with Crippen LogP contribution in [0.15, 0.2) is 109 Å². The van der Waals surface area contributed by atoms with E-state index in [1.54, 1.807) is 0 Å². The fourth-order valence-corrected chi connectivity index (χ4v) is 5.00. The summed E-state index contributed by atoms with van der Waals surface area (Å²) in [5.41, 5.74) is 5.39. The number of amides is 1. The van der Waals surface area contributed by atoms with E-state index in [-0.39, 0.29) is 24.5 Å². The van der Waals surface area contributed by atoms with Crippen molar-refractivity contribution in [2.45, 2.75) is 12.8 Å². The molecule has 0 saturated heterocycles. The van der Waals surface area contributed by atoms with Crippen LogP contribution in [0.4, 0.5) is 9.52 Å². The Bertz CT molecular complexity index is 1510. The number of benzene rings is 4. The molecule has 0 saturated carbocycles. The Hall–Kier alpha value is -4.42. The molecule has 0 fully saturated rings. The minimum Gasteiger partial charge on any atom is -0.302 e. The van der Waals surface area contributed by atoms with Gasteiger partial charge in [0, 0.05) is 24.0 Å². The molecule has 0 aliphatic carbocycles. The topological polar surface area (TPSA) is 59.1 Å². The van der Waals surface area contributed by atoms with E-state index in [1.165, 1.54) is 35.6 Å². The lowest BCUT2D eigenvalue weighted by Gasteiger charge is -2.05. The molecule has 0 radical (unpaired) electrons. The Kier molecular flexibility index (Phi) is 7.28. The van der Waals surface area contributed by atoms with Crippen LogP contribution in [0, 0.1) is 5.82 Å². The Morgan fingerprint density at radius 2 is 1.24 bits per heavy atom. The van der Waals surface area contributed by atoms with Crippen molar-refractivity contribution in [3.8, 4) is 32.8 Å². The Morgan fingerprint density at radius 3 is 1.89 bits per heavy atom. The molecule has 0 aliphatic heterocycles. The first-order valence-electron chi connectivity index (χ1n) is 11.9. The smallest absolute Gasteiger partial charge is 0.226 e. The van der Waals surface area contributed by atoms with Gasteiger partial charge in [-0.1, -0.05) is 96.3 Å². The first-order valence-corrected chi connectivity index (χ1v) is 12.7. The van der Waals surface area contributed by atoms with E-state index in [4.69, 9.17) is 4.98 Å². The largest absolute Gasteiger partial charge is 0.302 e. The number of rotatable bonds is 8. The molecule has 5 rings (SSSR count). The Balaban J connectivity index is 1.35. The fourth-order valence-electron chi connectivity index (χ4n) is 3.99. The van der Waals surface area contributed by atoms with Crippen LogP contribution in [-0.2, 0) is 4.79 Å². The number of carbonyl (C=O) groups is 2. The first-order chi connectivity index (χ1) is 18.1. The van der Waals surface area contributed by atoms with E-state index < -0.39 is 5.82 Å². The predicted octanol–water partition coefficient (Wildman–Crippen LogP) is 7.88. The summed E-state index contributed by atoms with van der Waals surface area (Å²) in [6.07, 6.45) is 0.0414. The molecule has 6 heteroatoms. The zero-order valence-electron chi connectivity index (χ0n) is 19.9. The third kappa shape index (κ3) is 5.88. The van der Waals surface area contributed by atoms with Crippen LogP contribution in [0.2, 0.25) is 0 Å². The SMILES string of the molecule is O=C(CCC(=O)c1ccc(F)cc1)Nc1nc(-c2ccccc2)c(-c2ccc(-c3ccccc3)cc2)s1. The minimum atomic E-state index is -0.405. The van der Waals surface area contributed by atoms with Gasteiger partial charge >= 0.3 is 0 Å². The summed E-state index contributed by atoms with van der Waals surface area (Å²) in [4.78, 5) is 30.7. The molecule has 5 aromatic rings. The van der Waals surface area contributed by atoms with Gasteiger partial charge in [-0.2, -0.15) is 0 Å². The van der Waals surface area contributed by atoms with Gasteiger partial charge in [0.25, 0.3) is 0 Å². The second-order valence-corrected chi connectivity index (χ2v) is 9.48. The van der Waals surface area contributed by atoms with Crippen LogP contribution in [0.25, 0.3) is 32.8 Å². The van der Waals surface area contributed by atoms with Crippen LogP contribution in [0.3, 0.4) is 0 Å². The maximum atomic E-state index is 13.1. The molecule has 0 aliphatic rings. The summed E-state index contributed by atoms with van der Waals surface area (Å²) < 4.78 is 13.1. The zero-order chi connectivity index (χ0) is 25.6. The van der Waals surface area contributed by atoms with Gasteiger partial charge in [-0.3, -0.25) is 9.59 Å². The van der Waals surface area contributed by atoms with E-state index in [9.17, 15) is 14.0 Å². The van der Waals surface area contributed by atoms with Gasteiger partial charge in [-0.25, -0.2) is 9.37 Å². The summed E-state index contributed by atoms with van der Waals surface area (Å²) in [6.45, 7) is 0. The van der Waals surface area contributed by atoms with Crippen molar-refractivity contribution in [3.63, 3.8) is 0 Å². The lowest BCUT2D eigenvalue weighted by atomic mass is 10.0. The molecular formula is C31H23FN2O2S. The molecule has 4 nitrogen and oxygen atoms in total. The van der Waals surface area contributed by atoms with Crippen molar-refractivity contribution in [1.82, 2.24) is 4.98 Å². The number of aromatic nitrogens is 1. The van der Waals surface area contributed by atoms with Gasteiger partial charge in [0.2, 0.25) is 5.91 Å². The number of nitrogens with zero attached hydrogens (tertiary/aromatic N) is 1. The molecule has 0 bridgehead atoms. The van der Waals surface area contributed by atoms with Crippen molar-refractivity contribution >= 4 is 28.2 Å². The van der Waals surface area contributed by atoms with E-state index in [1.807, 2.05) is 48.5 Å². The maximum absolute atomic E-state index is 13.1. The second kappa shape index (κ2) is 11.1. The third-order valence-corrected chi connectivity index (χ3v) is 6.94. The lowest BCUT2D eigenvalue weighted by Crippen LogP contribution is -2.13. The highest BCUT2D eigenvalue weighted by Gasteiger charge is 2.17. The third-order valence-electron chi connectivity index (χ3n) is 5.92. The van der Waals surface area contributed by atoms with Gasteiger partial charge in [0.05, 0.1) is 10.6 Å². The van der Waals surface area contributed by atoms with Gasteiger partial charge < -0.3 is 5.32 Å². The van der Waals surface area contributed by atoms with Crippen LogP contribution in [-0.4, -0.2) is 16.7 Å². The monoisotopic (exact) mass is 506 g/mol.